The summed E-state index contributed by atoms with van der Waals surface area (Å²) in [4.78, 5) is 0. The standard InChI is InChI=1S/C33H36N2O5S/c36-31-15-7-13-27(19-31)23-34-29(17-25-9-3-1-4-10-25)21-33(38)22-30(18-26-11-5-2-6-12-26)35(41(34,39)40)24-28-14-8-16-32(37)20-28/h1-16,19-20,29-30,33,36-38H,17-18,21-24H2. The molecule has 0 saturated carbocycles. The summed E-state index contributed by atoms with van der Waals surface area (Å²) < 4.78 is 32.6. The Morgan fingerprint density at radius 3 is 1.37 bits per heavy atom. The van der Waals surface area contributed by atoms with Crippen LogP contribution >= 0.6 is 0 Å². The second-order valence-electron chi connectivity index (χ2n) is 10.8. The van der Waals surface area contributed by atoms with Crippen molar-refractivity contribution in [2.24, 2.45) is 0 Å². The van der Waals surface area contributed by atoms with E-state index in [0.29, 0.717) is 24.0 Å². The predicted octanol–water partition coefficient (Wildman–Crippen LogP) is 5.02. The number of hydrogen-bond donors (Lipinski definition) is 3. The van der Waals surface area contributed by atoms with E-state index in [4.69, 9.17) is 0 Å². The Morgan fingerprint density at radius 2 is 0.976 bits per heavy atom. The van der Waals surface area contributed by atoms with E-state index in [1.807, 2.05) is 60.7 Å². The molecule has 0 aliphatic carbocycles. The van der Waals surface area contributed by atoms with Crippen molar-refractivity contribution in [2.45, 2.75) is 57.0 Å². The predicted molar refractivity (Wildman–Crippen MR) is 159 cm³/mol. The highest BCUT2D eigenvalue weighted by atomic mass is 32.2. The number of rotatable bonds is 8. The van der Waals surface area contributed by atoms with Gasteiger partial charge in [-0.1, -0.05) is 84.9 Å². The average Bonchev–Trinajstić information content (AvgIpc) is 2.95. The highest BCUT2D eigenvalue weighted by Crippen LogP contribution is 2.32. The number of phenols is 2. The Morgan fingerprint density at radius 1 is 0.585 bits per heavy atom. The maximum atomic E-state index is 14.8. The largest absolute Gasteiger partial charge is 0.508 e. The van der Waals surface area contributed by atoms with Crippen molar-refractivity contribution in [2.75, 3.05) is 0 Å². The van der Waals surface area contributed by atoms with E-state index in [0.717, 1.165) is 11.1 Å². The van der Waals surface area contributed by atoms with E-state index < -0.39 is 28.4 Å². The smallest absolute Gasteiger partial charge is 0.283 e. The molecule has 7 nitrogen and oxygen atoms in total. The third kappa shape index (κ3) is 7.34. The first kappa shape index (κ1) is 28.8. The van der Waals surface area contributed by atoms with Gasteiger partial charge in [-0.2, -0.15) is 17.0 Å². The maximum Gasteiger partial charge on any atom is 0.283 e. The molecule has 2 unspecified atom stereocenters. The van der Waals surface area contributed by atoms with E-state index >= 15 is 0 Å². The molecule has 4 aromatic carbocycles. The number of phenolic OH excluding ortho intramolecular Hbond substituents is 2. The number of aliphatic hydroxyl groups excluding tert-OH is 1. The zero-order valence-electron chi connectivity index (χ0n) is 22.8. The summed E-state index contributed by atoms with van der Waals surface area (Å²) >= 11 is 0. The van der Waals surface area contributed by atoms with Crippen molar-refractivity contribution in [1.29, 1.82) is 0 Å². The van der Waals surface area contributed by atoms with Gasteiger partial charge in [0.1, 0.15) is 11.5 Å². The van der Waals surface area contributed by atoms with E-state index in [2.05, 4.69) is 0 Å². The molecule has 2 atom stereocenters. The third-order valence-electron chi connectivity index (χ3n) is 7.62. The lowest BCUT2D eigenvalue weighted by molar-refractivity contribution is 0.0789. The van der Waals surface area contributed by atoms with Gasteiger partial charge in [0.25, 0.3) is 10.2 Å². The third-order valence-corrected chi connectivity index (χ3v) is 9.66. The summed E-state index contributed by atoms with van der Waals surface area (Å²) in [6, 6.07) is 31.6. The Kier molecular flexibility index (Phi) is 9.05. The van der Waals surface area contributed by atoms with Crippen LogP contribution in [0.25, 0.3) is 0 Å². The molecule has 0 spiro atoms. The lowest BCUT2D eigenvalue weighted by Crippen LogP contribution is -2.55. The van der Waals surface area contributed by atoms with Gasteiger partial charge < -0.3 is 15.3 Å². The van der Waals surface area contributed by atoms with Gasteiger partial charge in [0.15, 0.2) is 0 Å². The molecule has 0 aromatic heterocycles. The Hall–Kier alpha value is -3.69. The van der Waals surface area contributed by atoms with Crippen LogP contribution in [-0.4, -0.2) is 50.5 Å². The fourth-order valence-electron chi connectivity index (χ4n) is 5.70. The fourth-order valence-corrected chi connectivity index (χ4v) is 7.67. The van der Waals surface area contributed by atoms with Crippen molar-refractivity contribution in [3.8, 4) is 11.5 Å². The minimum atomic E-state index is -4.12. The topological polar surface area (TPSA) is 101 Å². The molecular weight excluding hydrogens is 536 g/mol. The molecule has 1 saturated heterocycles. The lowest BCUT2D eigenvalue weighted by atomic mass is 9.94. The molecule has 214 valence electrons. The lowest BCUT2D eigenvalue weighted by Gasteiger charge is -2.42. The molecule has 1 heterocycles. The molecule has 1 aliphatic rings. The van der Waals surface area contributed by atoms with Crippen molar-refractivity contribution in [3.63, 3.8) is 0 Å². The summed E-state index contributed by atoms with van der Waals surface area (Å²) in [6.45, 7) is 0.0745. The summed E-state index contributed by atoms with van der Waals surface area (Å²) in [6.07, 6.45) is 0.667. The van der Waals surface area contributed by atoms with E-state index in [-0.39, 0.29) is 37.4 Å². The first-order valence-corrected chi connectivity index (χ1v) is 15.3. The molecule has 1 fully saturated rings. The van der Waals surface area contributed by atoms with E-state index in [1.165, 1.54) is 8.61 Å². The molecule has 4 aromatic rings. The van der Waals surface area contributed by atoms with Gasteiger partial charge >= 0.3 is 0 Å². The first-order valence-electron chi connectivity index (χ1n) is 13.9. The molecular formula is C33H36N2O5S. The van der Waals surface area contributed by atoms with Crippen LogP contribution in [0.5, 0.6) is 11.5 Å². The van der Waals surface area contributed by atoms with Crippen LogP contribution < -0.4 is 0 Å². The molecule has 3 N–H and O–H groups in total. The zero-order valence-corrected chi connectivity index (χ0v) is 23.6. The van der Waals surface area contributed by atoms with Gasteiger partial charge in [0, 0.05) is 25.2 Å². The second-order valence-corrected chi connectivity index (χ2v) is 12.6. The highest BCUT2D eigenvalue weighted by molar-refractivity contribution is 7.86. The summed E-state index contributed by atoms with van der Waals surface area (Å²) in [5.74, 6) is 0.121. The van der Waals surface area contributed by atoms with Crippen molar-refractivity contribution in [1.82, 2.24) is 8.61 Å². The number of aliphatic hydroxyl groups is 1. The zero-order chi connectivity index (χ0) is 28.8. The van der Waals surface area contributed by atoms with Gasteiger partial charge in [-0.05, 0) is 72.2 Å². The number of benzene rings is 4. The van der Waals surface area contributed by atoms with Crippen molar-refractivity contribution in [3.05, 3.63) is 131 Å². The van der Waals surface area contributed by atoms with Crippen LogP contribution in [0.1, 0.15) is 35.1 Å². The Balaban J connectivity index is 1.60. The van der Waals surface area contributed by atoms with Gasteiger partial charge in [-0.15, -0.1) is 0 Å². The normalized spacial score (nSPS) is 21.6. The minimum absolute atomic E-state index is 0.0373. The molecule has 5 rings (SSSR count). The van der Waals surface area contributed by atoms with Crippen molar-refractivity contribution >= 4 is 10.2 Å². The number of aromatic hydroxyl groups is 2. The highest BCUT2D eigenvalue weighted by Gasteiger charge is 2.42. The maximum absolute atomic E-state index is 14.8. The monoisotopic (exact) mass is 572 g/mol. The minimum Gasteiger partial charge on any atom is -0.508 e. The van der Waals surface area contributed by atoms with Crippen LogP contribution in [0.2, 0.25) is 0 Å². The summed E-state index contributed by atoms with van der Waals surface area (Å²) in [5, 5.41) is 31.7. The number of hydrogen-bond acceptors (Lipinski definition) is 5. The van der Waals surface area contributed by atoms with Gasteiger partial charge in [0.05, 0.1) is 6.10 Å². The second kappa shape index (κ2) is 12.9. The van der Waals surface area contributed by atoms with Crippen LogP contribution in [-0.2, 0) is 36.1 Å². The van der Waals surface area contributed by atoms with E-state index in [9.17, 15) is 23.7 Å². The molecule has 8 heteroatoms. The van der Waals surface area contributed by atoms with Crippen LogP contribution in [0.4, 0.5) is 0 Å². The van der Waals surface area contributed by atoms with Crippen LogP contribution in [0.15, 0.2) is 109 Å². The molecule has 0 amide bonds. The van der Waals surface area contributed by atoms with E-state index in [1.54, 1.807) is 48.5 Å². The van der Waals surface area contributed by atoms with Gasteiger partial charge in [0.2, 0.25) is 0 Å². The molecule has 1 aliphatic heterocycles. The fraction of sp³-hybridized carbons (Fsp3) is 0.273. The SMILES string of the molecule is O=S1(=O)N(Cc2cccc(O)c2)C(Cc2ccccc2)CC(O)CC(Cc2ccccc2)N1Cc1cccc(O)c1. The first-order chi connectivity index (χ1) is 19.8. The summed E-state index contributed by atoms with van der Waals surface area (Å²) in [7, 11) is -4.12. The van der Waals surface area contributed by atoms with Crippen molar-refractivity contribution < 1.29 is 23.7 Å². The molecule has 0 radical (unpaired) electrons. The molecule has 0 bridgehead atoms. The Labute approximate surface area is 242 Å². The quantitative estimate of drug-likeness (QED) is 0.275. The van der Waals surface area contributed by atoms with Gasteiger partial charge in [-0.3, -0.25) is 0 Å². The Bertz CT molecular complexity index is 1420. The van der Waals surface area contributed by atoms with Gasteiger partial charge in [-0.25, -0.2) is 0 Å². The number of nitrogens with zero attached hydrogens (tertiary/aromatic N) is 2. The molecule has 41 heavy (non-hydrogen) atoms. The van der Waals surface area contributed by atoms with Crippen LogP contribution in [0.3, 0.4) is 0 Å². The summed E-state index contributed by atoms with van der Waals surface area (Å²) in [5.41, 5.74) is 3.25. The average molecular weight is 573 g/mol. The van der Waals surface area contributed by atoms with Crippen LogP contribution in [0, 0.1) is 0 Å².